The van der Waals surface area contributed by atoms with Crippen molar-refractivity contribution in [2.75, 3.05) is 20.3 Å². The van der Waals surface area contributed by atoms with Gasteiger partial charge in [0.05, 0.1) is 5.69 Å². The van der Waals surface area contributed by atoms with E-state index in [0.717, 1.165) is 32.4 Å². The third-order valence-corrected chi connectivity index (χ3v) is 3.23. The van der Waals surface area contributed by atoms with Crippen LogP contribution >= 0.6 is 0 Å². The first-order valence-corrected chi connectivity index (χ1v) is 7.43. The number of nitrogens with one attached hydrogen (secondary N) is 1. The third-order valence-electron chi connectivity index (χ3n) is 3.23. The van der Waals surface area contributed by atoms with Crippen LogP contribution in [0.2, 0.25) is 0 Å². The molecule has 1 N–H and O–H groups in total. The van der Waals surface area contributed by atoms with E-state index in [1.165, 1.54) is 12.1 Å². The highest BCUT2D eigenvalue weighted by molar-refractivity contribution is 5.02. The second-order valence-electron chi connectivity index (χ2n) is 5.37. The molecule has 0 spiro atoms. The Kier molecular flexibility index (Phi) is 7.75. The van der Waals surface area contributed by atoms with E-state index in [1.807, 2.05) is 4.68 Å². The molecule has 0 aromatic carbocycles. The Bertz CT molecular complexity index is 336. The van der Waals surface area contributed by atoms with Crippen molar-refractivity contribution in [2.45, 2.75) is 58.5 Å². The lowest BCUT2D eigenvalue weighted by Crippen LogP contribution is -2.32. The van der Waals surface area contributed by atoms with Gasteiger partial charge in [0, 0.05) is 38.4 Å². The smallest absolute Gasteiger partial charge is 0.0640 e. The van der Waals surface area contributed by atoms with E-state index >= 15 is 0 Å². The number of hydrogen-bond acceptors (Lipinski definition) is 3. The fourth-order valence-electron chi connectivity index (χ4n) is 2.13. The van der Waals surface area contributed by atoms with Crippen LogP contribution in [-0.2, 0) is 11.2 Å². The Labute approximate surface area is 117 Å². The average Bonchev–Trinajstić information content (AvgIpc) is 2.84. The Morgan fingerprint density at radius 2 is 2.21 bits per heavy atom. The van der Waals surface area contributed by atoms with Crippen LogP contribution in [0.25, 0.3) is 0 Å². The van der Waals surface area contributed by atoms with Crippen molar-refractivity contribution in [1.29, 1.82) is 0 Å². The van der Waals surface area contributed by atoms with Gasteiger partial charge < -0.3 is 10.1 Å². The molecular formula is C15H29N3O. The molecule has 0 radical (unpaired) electrons. The first kappa shape index (κ1) is 16.2. The van der Waals surface area contributed by atoms with Crippen molar-refractivity contribution in [3.8, 4) is 0 Å². The summed E-state index contributed by atoms with van der Waals surface area (Å²) < 4.78 is 7.16. The van der Waals surface area contributed by atoms with Crippen LogP contribution < -0.4 is 5.32 Å². The molecule has 0 amide bonds. The first-order valence-electron chi connectivity index (χ1n) is 7.43. The van der Waals surface area contributed by atoms with Gasteiger partial charge in [0.2, 0.25) is 0 Å². The fraction of sp³-hybridized carbons (Fsp3) is 0.800. The van der Waals surface area contributed by atoms with Crippen molar-refractivity contribution in [2.24, 2.45) is 0 Å². The molecule has 1 atom stereocenters. The van der Waals surface area contributed by atoms with Gasteiger partial charge in [0.1, 0.15) is 0 Å². The van der Waals surface area contributed by atoms with Gasteiger partial charge in [0.15, 0.2) is 0 Å². The summed E-state index contributed by atoms with van der Waals surface area (Å²) in [6.07, 6.45) is 6.49. The van der Waals surface area contributed by atoms with Gasteiger partial charge in [-0.05, 0) is 45.7 Å². The van der Waals surface area contributed by atoms with E-state index in [2.05, 4.69) is 43.4 Å². The molecule has 0 bridgehead atoms. The van der Waals surface area contributed by atoms with Gasteiger partial charge >= 0.3 is 0 Å². The van der Waals surface area contributed by atoms with E-state index in [4.69, 9.17) is 4.74 Å². The maximum atomic E-state index is 5.13. The van der Waals surface area contributed by atoms with Crippen molar-refractivity contribution in [3.63, 3.8) is 0 Å². The lowest BCUT2D eigenvalue weighted by molar-refractivity contribution is 0.188. The number of hydrogen-bond donors (Lipinski definition) is 1. The van der Waals surface area contributed by atoms with Crippen molar-refractivity contribution >= 4 is 0 Å². The van der Waals surface area contributed by atoms with Crippen LogP contribution in [0.4, 0.5) is 0 Å². The quantitative estimate of drug-likeness (QED) is 0.663. The lowest BCUT2D eigenvalue weighted by atomic mass is 10.1. The van der Waals surface area contributed by atoms with E-state index < -0.39 is 0 Å². The molecule has 4 nitrogen and oxygen atoms in total. The second-order valence-corrected chi connectivity index (χ2v) is 5.37. The predicted molar refractivity (Wildman–Crippen MR) is 79.5 cm³/mol. The average molecular weight is 267 g/mol. The fourth-order valence-corrected chi connectivity index (χ4v) is 2.13. The lowest BCUT2D eigenvalue weighted by Gasteiger charge is -2.17. The summed E-state index contributed by atoms with van der Waals surface area (Å²) in [5, 5.41) is 8.24. The van der Waals surface area contributed by atoms with Crippen molar-refractivity contribution in [3.05, 3.63) is 18.0 Å². The molecule has 0 aliphatic rings. The SMILES string of the molecule is CCCNC(CCCOC)Cc1ccn(C(C)C)n1. The summed E-state index contributed by atoms with van der Waals surface area (Å²) in [6, 6.07) is 3.08. The minimum Gasteiger partial charge on any atom is -0.385 e. The molecule has 19 heavy (non-hydrogen) atoms. The molecule has 1 aromatic heterocycles. The maximum absolute atomic E-state index is 5.13. The molecule has 1 aromatic rings. The minimum absolute atomic E-state index is 0.435. The highest BCUT2D eigenvalue weighted by Crippen LogP contribution is 2.09. The molecule has 110 valence electrons. The van der Waals surface area contributed by atoms with Crippen LogP contribution in [0, 0.1) is 0 Å². The largest absolute Gasteiger partial charge is 0.385 e. The standard InChI is InChI=1S/C15H29N3O/c1-5-9-16-14(7-6-11-19-4)12-15-8-10-18(17-15)13(2)3/h8,10,13-14,16H,5-7,9,11-12H2,1-4H3. The van der Waals surface area contributed by atoms with E-state index in [9.17, 15) is 0 Å². The highest BCUT2D eigenvalue weighted by Gasteiger charge is 2.11. The predicted octanol–water partition coefficient (Wildman–Crippen LogP) is 2.80. The monoisotopic (exact) mass is 267 g/mol. The maximum Gasteiger partial charge on any atom is 0.0640 e. The Morgan fingerprint density at radius 1 is 1.42 bits per heavy atom. The Balaban J connectivity index is 2.48. The number of ether oxygens (including phenoxy) is 1. The molecule has 1 rings (SSSR count). The molecule has 0 fully saturated rings. The zero-order chi connectivity index (χ0) is 14.1. The third kappa shape index (κ3) is 6.21. The van der Waals surface area contributed by atoms with Crippen LogP contribution in [0.1, 0.15) is 51.8 Å². The van der Waals surface area contributed by atoms with Crippen LogP contribution in [-0.4, -0.2) is 36.1 Å². The number of nitrogens with zero attached hydrogens (tertiary/aromatic N) is 2. The molecule has 1 heterocycles. The summed E-state index contributed by atoms with van der Waals surface area (Å²) in [7, 11) is 1.76. The van der Waals surface area contributed by atoms with Gasteiger partial charge in [-0.3, -0.25) is 4.68 Å². The zero-order valence-corrected chi connectivity index (χ0v) is 12.9. The molecule has 0 aliphatic carbocycles. The van der Waals surface area contributed by atoms with Gasteiger partial charge in [0.25, 0.3) is 0 Å². The van der Waals surface area contributed by atoms with Crippen molar-refractivity contribution in [1.82, 2.24) is 15.1 Å². The second kappa shape index (κ2) is 9.10. The molecule has 0 saturated heterocycles. The summed E-state index contributed by atoms with van der Waals surface area (Å²) in [6.45, 7) is 8.42. The zero-order valence-electron chi connectivity index (χ0n) is 12.9. The number of methoxy groups -OCH3 is 1. The summed E-state index contributed by atoms with van der Waals surface area (Å²) >= 11 is 0. The Morgan fingerprint density at radius 3 is 2.79 bits per heavy atom. The normalized spacial score (nSPS) is 13.1. The highest BCUT2D eigenvalue weighted by atomic mass is 16.5. The van der Waals surface area contributed by atoms with E-state index in [1.54, 1.807) is 7.11 Å². The van der Waals surface area contributed by atoms with Gasteiger partial charge in [-0.1, -0.05) is 6.92 Å². The first-order chi connectivity index (χ1) is 9.17. The van der Waals surface area contributed by atoms with E-state index in [-0.39, 0.29) is 0 Å². The number of aromatic nitrogens is 2. The van der Waals surface area contributed by atoms with Gasteiger partial charge in [-0.25, -0.2) is 0 Å². The van der Waals surface area contributed by atoms with Crippen LogP contribution in [0.3, 0.4) is 0 Å². The summed E-state index contributed by atoms with van der Waals surface area (Å²) in [4.78, 5) is 0. The van der Waals surface area contributed by atoms with Gasteiger partial charge in [-0.15, -0.1) is 0 Å². The topological polar surface area (TPSA) is 39.1 Å². The van der Waals surface area contributed by atoms with Crippen LogP contribution in [0.15, 0.2) is 12.3 Å². The van der Waals surface area contributed by atoms with Crippen molar-refractivity contribution < 1.29 is 4.74 Å². The molecule has 1 unspecified atom stereocenters. The Hall–Kier alpha value is -0.870. The molecule has 4 heteroatoms. The molecule has 0 saturated carbocycles. The summed E-state index contributed by atoms with van der Waals surface area (Å²) in [5.41, 5.74) is 1.18. The summed E-state index contributed by atoms with van der Waals surface area (Å²) in [5.74, 6) is 0. The number of rotatable bonds is 10. The molecule has 0 aliphatic heterocycles. The molecular weight excluding hydrogens is 238 g/mol. The van der Waals surface area contributed by atoms with Gasteiger partial charge in [-0.2, -0.15) is 5.10 Å². The minimum atomic E-state index is 0.435. The van der Waals surface area contributed by atoms with Crippen LogP contribution in [0.5, 0.6) is 0 Å². The van der Waals surface area contributed by atoms with E-state index in [0.29, 0.717) is 12.1 Å².